The van der Waals surface area contributed by atoms with E-state index in [2.05, 4.69) is 20.5 Å². The molecule has 44 heavy (non-hydrogen) atoms. The third-order valence-electron chi connectivity index (χ3n) is 6.36. The summed E-state index contributed by atoms with van der Waals surface area (Å²) in [6.07, 6.45) is -0.338. The van der Waals surface area contributed by atoms with E-state index in [0.29, 0.717) is 25.7 Å². The highest BCUT2D eigenvalue weighted by Gasteiger charge is 2.30. The average molecular weight is 665 g/mol. The molecule has 0 bridgehead atoms. The standard InChI is InChI=1S/C26H29B2Cl2FN6O6S/c1-13(20-14(29)6-7-15(31)21(20)30)42-18-10-17(34-35-22(18)37(27-12-38)28(5)41)23(39)33-24-32-16-8-9-36(11-19(16)44-24)25(40)43-26(2,3)4/h6-7,10,12-13,27,41H,8-9,11H2,1-5H3,(H,32,33,39). The number of thiazole rings is 1. The monoisotopic (exact) mass is 664 g/mol. The Labute approximate surface area is 268 Å². The van der Waals surface area contributed by atoms with Crippen LogP contribution in [-0.4, -0.2) is 69.9 Å². The largest absolute Gasteiger partial charge is 0.482 e. The number of benzene rings is 1. The molecule has 232 valence electrons. The molecule has 0 fully saturated rings. The summed E-state index contributed by atoms with van der Waals surface area (Å²) in [4.78, 5) is 44.0. The van der Waals surface area contributed by atoms with E-state index in [-0.39, 0.29) is 45.4 Å². The summed E-state index contributed by atoms with van der Waals surface area (Å²) in [6, 6.07) is 3.72. The van der Waals surface area contributed by atoms with Gasteiger partial charge in [-0.3, -0.25) is 10.1 Å². The molecule has 0 saturated carbocycles. The smallest absolute Gasteiger partial charge is 0.410 e. The lowest BCUT2D eigenvalue weighted by molar-refractivity contribution is 0.0225. The SMILES string of the molecule is CB(O)N(BC=O)c1nnc(C(=O)Nc2nc3c(s2)CN(C(=O)OC(C)(C)C)CC3)cc1OC(C)c1c(Cl)ccc(F)c1Cl. The van der Waals surface area contributed by atoms with Crippen LogP contribution >= 0.6 is 34.5 Å². The molecule has 1 aliphatic rings. The number of hydrogen-bond acceptors (Lipinski definition) is 11. The molecule has 2 aromatic heterocycles. The van der Waals surface area contributed by atoms with Crippen LogP contribution in [0.15, 0.2) is 18.2 Å². The molecule has 4 rings (SSSR count). The Kier molecular flexibility index (Phi) is 10.4. The lowest BCUT2D eigenvalue weighted by atomic mass is 9.73. The van der Waals surface area contributed by atoms with Crippen molar-refractivity contribution in [2.24, 2.45) is 0 Å². The fourth-order valence-corrected chi connectivity index (χ4v) is 6.02. The summed E-state index contributed by atoms with van der Waals surface area (Å²) in [6.45, 7) is 9.07. The number of nitrogens with one attached hydrogen (secondary N) is 1. The molecule has 3 heterocycles. The van der Waals surface area contributed by atoms with Crippen LogP contribution in [-0.2, 0) is 22.5 Å². The summed E-state index contributed by atoms with van der Waals surface area (Å²) in [5.41, 5.74) is 0.105. The number of amides is 2. The molecule has 2 N–H and O–H groups in total. The second kappa shape index (κ2) is 13.7. The molecule has 1 atom stereocenters. The molecule has 1 aliphatic heterocycles. The number of fused-ring (bicyclic) bond motifs is 1. The van der Waals surface area contributed by atoms with Gasteiger partial charge in [0.25, 0.3) is 5.91 Å². The number of ether oxygens (including phenoxy) is 2. The summed E-state index contributed by atoms with van der Waals surface area (Å²) in [5, 5.41) is 21.2. The Morgan fingerprint density at radius 2 is 2.05 bits per heavy atom. The summed E-state index contributed by atoms with van der Waals surface area (Å²) >= 11 is 13.7. The third-order valence-corrected chi connectivity index (χ3v) is 8.07. The summed E-state index contributed by atoms with van der Waals surface area (Å²) in [5.74, 6) is -1.48. The number of aromatic nitrogens is 3. The second-order valence-corrected chi connectivity index (χ2v) is 12.7. The van der Waals surface area contributed by atoms with Crippen molar-refractivity contribution < 1.29 is 33.3 Å². The Morgan fingerprint density at radius 3 is 2.70 bits per heavy atom. The van der Waals surface area contributed by atoms with Crippen molar-refractivity contribution in [1.29, 1.82) is 0 Å². The molecular formula is C26H29B2Cl2FN6O6S. The Balaban J connectivity index is 1.59. The number of halogens is 3. The molecule has 12 nitrogen and oxygen atoms in total. The lowest BCUT2D eigenvalue weighted by Crippen LogP contribution is -2.42. The van der Waals surface area contributed by atoms with E-state index < -0.39 is 36.6 Å². The Morgan fingerprint density at radius 1 is 1.32 bits per heavy atom. The van der Waals surface area contributed by atoms with Gasteiger partial charge in [-0.1, -0.05) is 34.5 Å². The van der Waals surface area contributed by atoms with Gasteiger partial charge in [0.05, 0.1) is 17.3 Å². The number of hydrogen-bond donors (Lipinski definition) is 2. The first kappa shape index (κ1) is 33.4. The first-order chi connectivity index (χ1) is 20.7. The van der Waals surface area contributed by atoms with Gasteiger partial charge >= 0.3 is 20.6 Å². The minimum absolute atomic E-state index is 0.0499. The van der Waals surface area contributed by atoms with Gasteiger partial charge in [0.2, 0.25) is 0 Å². The minimum atomic E-state index is -1.19. The van der Waals surface area contributed by atoms with Crippen LogP contribution in [0.3, 0.4) is 0 Å². The molecule has 0 saturated heterocycles. The first-order valence-corrected chi connectivity index (χ1v) is 15.1. The maximum absolute atomic E-state index is 14.2. The van der Waals surface area contributed by atoms with Crippen molar-refractivity contribution in [2.75, 3.05) is 16.6 Å². The number of nitrogens with zero attached hydrogens (tertiary/aromatic N) is 5. The molecule has 2 amide bonds. The minimum Gasteiger partial charge on any atom is -0.482 e. The highest BCUT2D eigenvalue weighted by Crippen LogP contribution is 2.37. The van der Waals surface area contributed by atoms with E-state index in [1.165, 1.54) is 35.0 Å². The van der Waals surface area contributed by atoms with Gasteiger partial charge in [-0.15, -0.1) is 10.2 Å². The molecule has 1 aromatic carbocycles. The van der Waals surface area contributed by atoms with Crippen molar-refractivity contribution in [1.82, 2.24) is 20.1 Å². The fraction of sp³-hybridized carbons (Fsp3) is 0.385. The number of carbonyl (C=O) groups is 3. The van der Waals surface area contributed by atoms with Crippen LogP contribution in [0.5, 0.6) is 5.75 Å². The van der Waals surface area contributed by atoms with Crippen LogP contribution in [0.2, 0.25) is 16.9 Å². The van der Waals surface area contributed by atoms with Crippen molar-refractivity contribution in [2.45, 2.75) is 59.2 Å². The van der Waals surface area contributed by atoms with E-state index in [1.54, 1.807) is 32.6 Å². The Hall–Kier alpha value is -3.46. The van der Waals surface area contributed by atoms with Gasteiger partial charge in [-0.05, 0) is 46.7 Å². The number of anilines is 2. The molecule has 1 unspecified atom stereocenters. The normalized spacial score (nSPS) is 13.4. The van der Waals surface area contributed by atoms with E-state index >= 15 is 0 Å². The summed E-state index contributed by atoms with van der Waals surface area (Å²) < 4.78 is 26.9. The van der Waals surface area contributed by atoms with Crippen LogP contribution in [0.25, 0.3) is 0 Å². The van der Waals surface area contributed by atoms with Crippen molar-refractivity contribution >= 4 is 78.1 Å². The van der Waals surface area contributed by atoms with Crippen molar-refractivity contribution in [3.05, 3.63) is 55.9 Å². The predicted octanol–water partition coefficient (Wildman–Crippen LogP) is 4.52. The number of carbonyl (C=O) groups excluding carboxylic acids is 3. The fourth-order valence-electron chi connectivity index (χ4n) is 4.32. The van der Waals surface area contributed by atoms with Gasteiger partial charge in [-0.25, -0.2) is 14.2 Å². The highest BCUT2D eigenvalue weighted by atomic mass is 35.5. The number of rotatable bonds is 9. The first-order valence-electron chi connectivity index (χ1n) is 13.5. The van der Waals surface area contributed by atoms with E-state index in [9.17, 15) is 23.8 Å². The molecule has 0 aliphatic carbocycles. The van der Waals surface area contributed by atoms with Crippen LogP contribution < -0.4 is 14.8 Å². The van der Waals surface area contributed by atoms with Gasteiger partial charge in [-0.2, -0.15) is 0 Å². The van der Waals surface area contributed by atoms with Gasteiger partial charge in [0.1, 0.15) is 23.7 Å². The molecular weight excluding hydrogens is 636 g/mol. The molecule has 18 heteroatoms. The van der Waals surface area contributed by atoms with E-state index in [1.807, 2.05) is 0 Å². The van der Waals surface area contributed by atoms with Crippen molar-refractivity contribution in [3.63, 3.8) is 0 Å². The van der Waals surface area contributed by atoms with Gasteiger partial charge < -0.3 is 28.9 Å². The molecule has 0 radical (unpaired) electrons. The van der Waals surface area contributed by atoms with E-state index in [0.717, 1.165) is 16.6 Å². The highest BCUT2D eigenvalue weighted by molar-refractivity contribution is 7.15. The zero-order valence-corrected chi connectivity index (χ0v) is 26.9. The quantitative estimate of drug-likeness (QED) is 0.190. The zero-order chi connectivity index (χ0) is 32.3. The summed E-state index contributed by atoms with van der Waals surface area (Å²) in [7, 11) is -1.45. The second-order valence-electron chi connectivity index (χ2n) is 10.9. The lowest BCUT2D eigenvalue weighted by Gasteiger charge is -2.29. The van der Waals surface area contributed by atoms with Gasteiger partial charge in [0.15, 0.2) is 22.4 Å². The maximum atomic E-state index is 14.2. The van der Waals surface area contributed by atoms with Crippen LogP contribution in [0, 0.1) is 5.82 Å². The maximum Gasteiger partial charge on any atom is 0.410 e. The van der Waals surface area contributed by atoms with E-state index in [4.69, 9.17) is 32.7 Å². The van der Waals surface area contributed by atoms with Crippen molar-refractivity contribution in [3.8, 4) is 5.75 Å². The van der Waals surface area contributed by atoms with Crippen LogP contribution in [0.4, 0.5) is 20.1 Å². The van der Waals surface area contributed by atoms with Crippen LogP contribution in [0.1, 0.15) is 60.4 Å². The molecule has 0 spiro atoms. The third kappa shape index (κ3) is 7.78. The Bertz CT molecular complexity index is 1580. The predicted molar refractivity (Wildman–Crippen MR) is 168 cm³/mol. The topological polar surface area (TPSA) is 147 Å². The zero-order valence-electron chi connectivity index (χ0n) is 24.6. The van der Waals surface area contributed by atoms with Gasteiger partial charge in [0, 0.05) is 34.5 Å². The average Bonchev–Trinajstić information content (AvgIpc) is 3.34. The molecule has 3 aromatic rings.